The first-order chi connectivity index (χ1) is 12.3. The predicted octanol–water partition coefficient (Wildman–Crippen LogP) is 2.80. The second-order valence-electron chi connectivity index (χ2n) is 6.30. The summed E-state index contributed by atoms with van der Waals surface area (Å²) in [4.78, 5) is 18.6. The summed E-state index contributed by atoms with van der Waals surface area (Å²) in [5.41, 5.74) is 1.25. The topological polar surface area (TPSA) is 54.5 Å². The molecule has 1 saturated heterocycles. The van der Waals surface area contributed by atoms with Gasteiger partial charge in [-0.05, 0) is 43.6 Å². The number of hydrogen-bond acceptors (Lipinski definition) is 4. The molecule has 5 nitrogen and oxygen atoms in total. The summed E-state index contributed by atoms with van der Waals surface area (Å²) in [6.45, 7) is 2.77. The zero-order valence-corrected chi connectivity index (χ0v) is 14.4. The molecule has 2 heterocycles. The molecule has 0 spiro atoms. The molecule has 132 valence electrons. The number of piperidine rings is 1. The number of nitrogens with zero attached hydrogens (tertiary/aromatic N) is 2. The zero-order valence-electron chi connectivity index (χ0n) is 14.4. The lowest BCUT2D eigenvalue weighted by Gasteiger charge is -2.35. The molecule has 25 heavy (non-hydrogen) atoms. The van der Waals surface area contributed by atoms with Gasteiger partial charge in [-0.15, -0.1) is 0 Å². The number of ether oxygens (including phenoxy) is 1. The molecule has 1 unspecified atom stereocenters. The number of carbonyl (C=O) groups excluding carboxylic acids is 1. The number of benzene rings is 1. The van der Waals surface area contributed by atoms with Crippen molar-refractivity contribution < 1.29 is 9.53 Å². The van der Waals surface area contributed by atoms with Crippen LogP contribution in [0.4, 0.5) is 0 Å². The molecule has 0 aliphatic carbocycles. The third-order valence-corrected chi connectivity index (χ3v) is 4.51. The highest BCUT2D eigenvalue weighted by molar-refractivity contribution is 5.77. The lowest BCUT2D eigenvalue weighted by atomic mass is 10.0. The van der Waals surface area contributed by atoms with Gasteiger partial charge in [0.1, 0.15) is 5.75 Å². The van der Waals surface area contributed by atoms with Gasteiger partial charge in [0.05, 0.1) is 12.2 Å². The van der Waals surface area contributed by atoms with E-state index in [2.05, 4.69) is 39.5 Å². The third kappa shape index (κ3) is 5.29. The second kappa shape index (κ2) is 9.18. The zero-order chi connectivity index (χ0) is 17.3. The largest absolute Gasteiger partial charge is 0.482 e. The summed E-state index contributed by atoms with van der Waals surface area (Å²) in [5, 5.41) is 3.02. The Bertz CT molecular complexity index is 643. The lowest BCUT2D eigenvalue weighted by molar-refractivity contribution is -0.123. The maximum absolute atomic E-state index is 12.2. The number of nitrogens with one attached hydrogen (secondary N) is 1. The van der Waals surface area contributed by atoms with E-state index in [9.17, 15) is 4.79 Å². The Kier molecular flexibility index (Phi) is 6.40. The van der Waals surface area contributed by atoms with E-state index in [0.29, 0.717) is 12.3 Å². The van der Waals surface area contributed by atoms with Crippen LogP contribution in [0.1, 0.15) is 30.9 Å². The van der Waals surface area contributed by atoms with Crippen LogP contribution in [0.2, 0.25) is 0 Å². The van der Waals surface area contributed by atoms with Gasteiger partial charge in [-0.2, -0.15) is 0 Å². The van der Waals surface area contributed by atoms with Gasteiger partial charge in [0, 0.05) is 12.7 Å². The fourth-order valence-corrected chi connectivity index (χ4v) is 3.21. The molecule has 2 aromatic rings. The highest BCUT2D eigenvalue weighted by Gasteiger charge is 2.22. The number of likely N-dealkylation sites (tertiary alicyclic amines) is 1. The lowest BCUT2D eigenvalue weighted by Crippen LogP contribution is -2.41. The molecule has 1 aliphatic heterocycles. The Morgan fingerprint density at radius 3 is 2.64 bits per heavy atom. The number of amides is 1. The van der Waals surface area contributed by atoms with Crippen LogP contribution in [-0.4, -0.2) is 42.0 Å². The Morgan fingerprint density at radius 2 is 1.92 bits per heavy atom. The van der Waals surface area contributed by atoms with Crippen molar-refractivity contribution in [3.05, 3.63) is 60.4 Å². The van der Waals surface area contributed by atoms with Gasteiger partial charge in [-0.3, -0.25) is 14.7 Å². The standard InChI is InChI=1S/C20H25N3O2/c24-20(16-25-18-10-7-11-21-14-18)22-15-19(17-8-3-1-4-9-17)23-12-5-2-6-13-23/h1,3-4,7-11,14,19H,2,5-6,12-13,15-16H2,(H,22,24). The monoisotopic (exact) mass is 339 g/mol. The van der Waals surface area contributed by atoms with E-state index in [-0.39, 0.29) is 18.6 Å². The maximum Gasteiger partial charge on any atom is 0.258 e. The minimum atomic E-state index is -0.109. The van der Waals surface area contributed by atoms with Gasteiger partial charge in [0.2, 0.25) is 0 Å². The fourth-order valence-electron chi connectivity index (χ4n) is 3.21. The van der Waals surface area contributed by atoms with E-state index < -0.39 is 0 Å². The Hall–Kier alpha value is -2.40. The minimum Gasteiger partial charge on any atom is -0.482 e. The molecular formula is C20H25N3O2. The summed E-state index contributed by atoms with van der Waals surface area (Å²) in [7, 11) is 0. The van der Waals surface area contributed by atoms with E-state index in [1.165, 1.54) is 24.8 Å². The Labute approximate surface area is 149 Å². The van der Waals surface area contributed by atoms with Crippen molar-refractivity contribution in [1.29, 1.82) is 0 Å². The molecule has 1 N–H and O–H groups in total. The van der Waals surface area contributed by atoms with Gasteiger partial charge < -0.3 is 10.1 Å². The van der Waals surface area contributed by atoms with E-state index in [0.717, 1.165) is 13.1 Å². The molecule has 3 rings (SSSR count). The summed E-state index contributed by atoms with van der Waals surface area (Å²) in [5.74, 6) is 0.495. The average Bonchev–Trinajstić information content (AvgIpc) is 2.69. The van der Waals surface area contributed by atoms with Gasteiger partial charge in [0.15, 0.2) is 6.61 Å². The minimum absolute atomic E-state index is 0.00715. The van der Waals surface area contributed by atoms with E-state index >= 15 is 0 Å². The van der Waals surface area contributed by atoms with Crippen molar-refractivity contribution in [2.24, 2.45) is 0 Å². The first kappa shape index (κ1) is 17.4. The first-order valence-electron chi connectivity index (χ1n) is 8.91. The number of rotatable bonds is 7. The van der Waals surface area contributed by atoms with Crippen LogP contribution in [0, 0.1) is 0 Å². The molecule has 1 amide bonds. The molecular weight excluding hydrogens is 314 g/mol. The molecule has 1 atom stereocenters. The highest BCUT2D eigenvalue weighted by Crippen LogP contribution is 2.23. The Balaban J connectivity index is 1.55. The quantitative estimate of drug-likeness (QED) is 0.843. The molecule has 0 saturated carbocycles. The number of hydrogen-bond donors (Lipinski definition) is 1. The Morgan fingerprint density at radius 1 is 1.12 bits per heavy atom. The third-order valence-electron chi connectivity index (χ3n) is 4.51. The van der Waals surface area contributed by atoms with Gasteiger partial charge in [-0.1, -0.05) is 36.8 Å². The van der Waals surface area contributed by atoms with Gasteiger partial charge in [-0.25, -0.2) is 0 Å². The van der Waals surface area contributed by atoms with E-state index in [4.69, 9.17) is 4.74 Å². The van der Waals surface area contributed by atoms with Crippen LogP contribution in [-0.2, 0) is 4.79 Å². The molecule has 1 aliphatic rings. The van der Waals surface area contributed by atoms with Crippen LogP contribution < -0.4 is 10.1 Å². The van der Waals surface area contributed by atoms with Crippen molar-refractivity contribution in [3.8, 4) is 5.75 Å². The van der Waals surface area contributed by atoms with Crippen LogP contribution >= 0.6 is 0 Å². The maximum atomic E-state index is 12.2. The molecule has 5 heteroatoms. The molecule has 1 aromatic carbocycles. The van der Waals surface area contributed by atoms with Gasteiger partial charge >= 0.3 is 0 Å². The van der Waals surface area contributed by atoms with Crippen LogP contribution in [0.5, 0.6) is 5.75 Å². The molecule has 0 radical (unpaired) electrons. The SMILES string of the molecule is O=C(COc1cccnc1)NCC(c1ccccc1)N1CCCCC1. The normalized spacial score (nSPS) is 16.2. The highest BCUT2D eigenvalue weighted by atomic mass is 16.5. The smallest absolute Gasteiger partial charge is 0.258 e. The summed E-state index contributed by atoms with van der Waals surface area (Å²) in [6.07, 6.45) is 7.02. The predicted molar refractivity (Wildman–Crippen MR) is 97.3 cm³/mol. The average molecular weight is 339 g/mol. The molecule has 1 aromatic heterocycles. The van der Waals surface area contributed by atoms with E-state index in [1.54, 1.807) is 24.5 Å². The number of aromatic nitrogens is 1. The number of pyridine rings is 1. The van der Waals surface area contributed by atoms with Crippen LogP contribution in [0.3, 0.4) is 0 Å². The molecule has 1 fully saturated rings. The van der Waals surface area contributed by atoms with Crippen molar-refractivity contribution >= 4 is 5.91 Å². The summed E-state index contributed by atoms with van der Waals surface area (Å²) in [6, 6.07) is 14.2. The van der Waals surface area contributed by atoms with Crippen molar-refractivity contribution in [1.82, 2.24) is 15.2 Å². The van der Waals surface area contributed by atoms with Crippen molar-refractivity contribution in [3.63, 3.8) is 0 Å². The second-order valence-corrected chi connectivity index (χ2v) is 6.30. The number of carbonyl (C=O) groups is 1. The van der Waals surface area contributed by atoms with Crippen molar-refractivity contribution in [2.45, 2.75) is 25.3 Å². The van der Waals surface area contributed by atoms with Crippen LogP contribution in [0.25, 0.3) is 0 Å². The summed E-state index contributed by atoms with van der Waals surface area (Å²) >= 11 is 0. The molecule has 0 bridgehead atoms. The van der Waals surface area contributed by atoms with Crippen molar-refractivity contribution in [2.75, 3.05) is 26.2 Å². The van der Waals surface area contributed by atoms with Gasteiger partial charge in [0.25, 0.3) is 5.91 Å². The first-order valence-corrected chi connectivity index (χ1v) is 8.91. The van der Waals surface area contributed by atoms with E-state index in [1.807, 2.05) is 6.07 Å². The van der Waals surface area contributed by atoms with Crippen LogP contribution in [0.15, 0.2) is 54.9 Å². The fraction of sp³-hybridized carbons (Fsp3) is 0.400. The summed E-state index contributed by atoms with van der Waals surface area (Å²) < 4.78 is 5.46.